The van der Waals surface area contributed by atoms with E-state index in [1.165, 1.54) is 0 Å². The molecule has 3 saturated carbocycles. The van der Waals surface area contributed by atoms with Gasteiger partial charge in [0.15, 0.2) is 5.78 Å². The highest BCUT2D eigenvalue weighted by Gasteiger charge is 2.68. The number of hydrogen-bond donors (Lipinski definition) is 5. The molecule has 6 heteroatoms. The van der Waals surface area contributed by atoms with Gasteiger partial charge in [0.25, 0.3) is 0 Å². The quantitative estimate of drug-likeness (QED) is 0.427. The van der Waals surface area contributed by atoms with Crippen LogP contribution in [0.3, 0.4) is 0 Å². The third-order valence-electron chi connectivity index (χ3n) is 10.5. The number of rotatable bonds is 5. The standard InChI is InChI=1S/C27H44O6/c1-23(2,31)10-9-22(30)26(5,32)21-8-13-27(33)18-15-20(29)19-14-16(28)6-11-24(19,3)17(18)7-12-25(21,27)4/h15-17,19,21-22,28,30-33H,6-14H2,1-5H3/t16-,17+,19-,21-,22+,24+,25+,26+,27+/m0/s1. The minimum Gasteiger partial charge on any atom is -0.393 e. The highest BCUT2D eigenvalue weighted by molar-refractivity contribution is 5.95. The van der Waals surface area contributed by atoms with E-state index in [1.54, 1.807) is 26.8 Å². The number of carbonyl (C=O) groups is 1. The van der Waals surface area contributed by atoms with Crippen molar-refractivity contribution in [3.63, 3.8) is 0 Å². The van der Waals surface area contributed by atoms with Gasteiger partial charge in [0, 0.05) is 11.3 Å². The molecule has 0 heterocycles. The molecule has 6 nitrogen and oxygen atoms in total. The summed E-state index contributed by atoms with van der Waals surface area (Å²) in [6.07, 6.45) is 5.38. The summed E-state index contributed by atoms with van der Waals surface area (Å²) in [5.41, 5.74) is -3.64. The van der Waals surface area contributed by atoms with Gasteiger partial charge in [0.2, 0.25) is 0 Å². The molecule has 0 aromatic carbocycles. The lowest BCUT2D eigenvalue weighted by Crippen LogP contribution is -2.62. The maximum absolute atomic E-state index is 13.2. The van der Waals surface area contributed by atoms with Gasteiger partial charge in [-0.3, -0.25) is 4.79 Å². The van der Waals surface area contributed by atoms with Crippen molar-refractivity contribution in [1.82, 2.24) is 0 Å². The molecule has 3 fully saturated rings. The summed E-state index contributed by atoms with van der Waals surface area (Å²) < 4.78 is 0. The second-order valence-corrected chi connectivity index (χ2v) is 13.0. The van der Waals surface area contributed by atoms with Crippen molar-refractivity contribution in [3.05, 3.63) is 11.6 Å². The highest BCUT2D eigenvalue weighted by Crippen LogP contribution is 2.68. The number of hydrogen-bond acceptors (Lipinski definition) is 6. The average molecular weight is 465 g/mol. The first-order valence-corrected chi connectivity index (χ1v) is 12.9. The number of aliphatic hydroxyl groups is 5. The fourth-order valence-corrected chi connectivity index (χ4v) is 8.27. The summed E-state index contributed by atoms with van der Waals surface area (Å²) in [6, 6.07) is 0. The second kappa shape index (κ2) is 7.86. The van der Waals surface area contributed by atoms with Gasteiger partial charge in [-0.05, 0) is 107 Å². The summed E-state index contributed by atoms with van der Waals surface area (Å²) in [6.45, 7) is 9.22. The Morgan fingerprint density at radius 1 is 1.06 bits per heavy atom. The Labute approximate surface area is 198 Å². The molecule has 0 unspecified atom stereocenters. The first-order valence-electron chi connectivity index (χ1n) is 12.9. The van der Waals surface area contributed by atoms with Crippen LogP contribution in [0, 0.1) is 28.6 Å². The van der Waals surface area contributed by atoms with Crippen LogP contribution >= 0.6 is 0 Å². The summed E-state index contributed by atoms with van der Waals surface area (Å²) in [4.78, 5) is 13.2. The van der Waals surface area contributed by atoms with E-state index in [-0.39, 0.29) is 35.4 Å². The van der Waals surface area contributed by atoms with Gasteiger partial charge in [0.1, 0.15) is 0 Å². The van der Waals surface area contributed by atoms with E-state index in [2.05, 4.69) is 6.92 Å². The topological polar surface area (TPSA) is 118 Å². The predicted octanol–water partition coefficient (Wildman–Crippen LogP) is 2.88. The first-order chi connectivity index (χ1) is 15.1. The SMILES string of the molecule is CC(C)(O)CC[C@@H](O)[C@](C)(O)[C@H]1CC[C@@]2(O)C3=CC(=O)[C@@H]4C[C@@H](O)CC[C@]4(C)[C@@H]3CC[C@]12C. The fraction of sp³-hybridized carbons (Fsp3) is 0.889. The van der Waals surface area contributed by atoms with Crippen LogP contribution < -0.4 is 0 Å². The van der Waals surface area contributed by atoms with Crippen LogP contribution in [-0.2, 0) is 4.79 Å². The van der Waals surface area contributed by atoms with Gasteiger partial charge in [-0.25, -0.2) is 0 Å². The fourth-order valence-electron chi connectivity index (χ4n) is 8.27. The van der Waals surface area contributed by atoms with Crippen molar-refractivity contribution in [2.75, 3.05) is 0 Å². The van der Waals surface area contributed by atoms with E-state index in [1.807, 2.05) is 6.92 Å². The lowest BCUT2D eigenvalue weighted by atomic mass is 9.46. The number of aliphatic hydroxyl groups excluding tert-OH is 2. The Morgan fingerprint density at radius 2 is 1.73 bits per heavy atom. The molecule has 0 saturated heterocycles. The van der Waals surface area contributed by atoms with Crippen LogP contribution in [-0.4, -0.2) is 60.3 Å². The molecule has 0 bridgehead atoms. The van der Waals surface area contributed by atoms with Crippen molar-refractivity contribution < 1.29 is 30.3 Å². The minimum atomic E-state index is -1.42. The number of ketones is 1. The van der Waals surface area contributed by atoms with Gasteiger partial charge < -0.3 is 25.5 Å². The second-order valence-electron chi connectivity index (χ2n) is 13.0. The van der Waals surface area contributed by atoms with Crippen LogP contribution in [0.15, 0.2) is 11.6 Å². The Hall–Kier alpha value is -0.790. The molecule has 188 valence electrons. The Morgan fingerprint density at radius 3 is 2.36 bits per heavy atom. The summed E-state index contributed by atoms with van der Waals surface area (Å²) in [5.74, 6) is -0.426. The molecule has 9 atom stereocenters. The van der Waals surface area contributed by atoms with Crippen molar-refractivity contribution in [1.29, 1.82) is 0 Å². The van der Waals surface area contributed by atoms with E-state index in [9.17, 15) is 30.3 Å². The van der Waals surface area contributed by atoms with E-state index in [0.29, 0.717) is 38.5 Å². The molecule has 0 aliphatic heterocycles. The number of allylic oxidation sites excluding steroid dienone is 1. The highest BCUT2D eigenvalue weighted by atomic mass is 16.3. The molecule has 4 aliphatic rings. The van der Waals surface area contributed by atoms with E-state index < -0.39 is 34.4 Å². The zero-order chi connectivity index (χ0) is 24.6. The summed E-state index contributed by atoms with van der Waals surface area (Å²) in [5, 5.41) is 55.0. The molecule has 4 rings (SSSR count). The number of carbonyl (C=O) groups excluding carboxylic acids is 1. The van der Waals surface area contributed by atoms with Gasteiger partial charge in [-0.2, -0.15) is 0 Å². The Kier molecular flexibility index (Phi) is 6.03. The van der Waals surface area contributed by atoms with Gasteiger partial charge in [0.05, 0.1) is 29.0 Å². The lowest BCUT2D eigenvalue weighted by Gasteiger charge is -2.60. The Bertz CT molecular complexity index is 827. The third-order valence-corrected chi connectivity index (χ3v) is 10.5. The van der Waals surface area contributed by atoms with Crippen LogP contribution in [0.4, 0.5) is 0 Å². The first kappa shape index (κ1) is 25.3. The smallest absolute Gasteiger partial charge is 0.159 e. The van der Waals surface area contributed by atoms with Gasteiger partial charge in [-0.1, -0.05) is 13.8 Å². The molecule has 0 radical (unpaired) electrons. The molecule has 0 aromatic heterocycles. The van der Waals surface area contributed by atoms with Crippen molar-refractivity contribution >= 4 is 5.78 Å². The van der Waals surface area contributed by atoms with Crippen molar-refractivity contribution in [2.45, 2.75) is 121 Å². The van der Waals surface area contributed by atoms with Crippen molar-refractivity contribution in [3.8, 4) is 0 Å². The summed E-state index contributed by atoms with van der Waals surface area (Å²) >= 11 is 0. The van der Waals surface area contributed by atoms with E-state index >= 15 is 0 Å². The molecule has 4 aliphatic carbocycles. The van der Waals surface area contributed by atoms with Crippen LogP contribution in [0.5, 0.6) is 0 Å². The molecule has 0 spiro atoms. The summed E-state index contributed by atoms with van der Waals surface area (Å²) in [7, 11) is 0. The van der Waals surface area contributed by atoms with Gasteiger partial charge in [-0.15, -0.1) is 0 Å². The zero-order valence-electron chi connectivity index (χ0n) is 21.0. The minimum absolute atomic E-state index is 0.0144. The van der Waals surface area contributed by atoms with Gasteiger partial charge >= 0.3 is 0 Å². The maximum atomic E-state index is 13.2. The monoisotopic (exact) mass is 464 g/mol. The predicted molar refractivity (Wildman–Crippen MR) is 125 cm³/mol. The van der Waals surface area contributed by atoms with Crippen molar-refractivity contribution in [2.24, 2.45) is 28.6 Å². The largest absolute Gasteiger partial charge is 0.393 e. The molecular weight excluding hydrogens is 420 g/mol. The maximum Gasteiger partial charge on any atom is 0.159 e. The van der Waals surface area contributed by atoms with Crippen LogP contribution in [0.25, 0.3) is 0 Å². The molecule has 0 aromatic rings. The average Bonchev–Trinajstić information content (AvgIpc) is 2.99. The van der Waals surface area contributed by atoms with E-state index in [0.717, 1.165) is 18.4 Å². The van der Waals surface area contributed by atoms with Crippen LogP contribution in [0.1, 0.15) is 92.4 Å². The normalized spacial score (nSPS) is 46.0. The molecular formula is C27H44O6. The third kappa shape index (κ3) is 3.76. The lowest BCUT2D eigenvalue weighted by molar-refractivity contribution is -0.172. The zero-order valence-corrected chi connectivity index (χ0v) is 21.0. The molecule has 33 heavy (non-hydrogen) atoms. The van der Waals surface area contributed by atoms with E-state index in [4.69, 9.17) is 0 Å². The molecule has 5 N–H and O–H groups in total. The molecule has 0 amide bonds. The number of fused-ring (bicyclic) bond motifs is 5. The van der Waals surface area contributed by atoms with Crippen LogP contribution in [0.2, 0.25) is 0 Å². The Balaban J connectivity index is 1.65.